The minimum Gasteiger partial charge on any atom is -0.490 e. The van der Waals surface area contributed by atoms with Crippen molar-refractivity contribution in [1.82, 2.24) is 5.32 Å². The quantitative estimate of drug-likeness (QED) is 0.472. The highest BCUT2D eigenvalue weighted by molar-refractivity contribution is 7.99. The van der Waals surface area contributed by atoms with E-state index in [0.717, 1.165) is 0 Å². The summed E-state index contributed by atoms with van der Waals surface area (Å²) in [6, 6.07) is 4.33. The molecule has 0 heterocycles. The normalized spacial score (nSPS) is 9.96. The molecular formula is C17H24N2O6S. The first-order valence-corrected chi connectivity index (χ1v) is 9.30. The van der Waals surface area contributed by atoms with E-state index in [4.69, 9.17) is 9.47 Å². The van der Waals surface area contributed by atoms with E-state index in [1.807, 2.05) is 13.8 Å². The van der Waals surface area contributed by atoms with Gasteiger partial charge in [-0.25, -0.2) is 4.79 Å². The Morgan fingerprint density at radius 1 is 1.08 bits per heavy atom. The molecule has 26 heavy (non-hydrogen) atoms. The summed E-state index contributed by atoms with van der Waals surface area (Å²) in [5, 5.41) is 4.79. The van der Waals surface area contributed by atoms with E-state index >= 15 is 0 Å². The number of benzene rings is 1. The third-order valence-corrected chi connectivity index (χ3v) is 3.92. The summed E-state index contributed by atoms with van der Waals surface area (Å²) in [6.45, 7) is 4.66. The summed E-state index contributed by atoms with van der Waals surface area (Å²) in [4.78, 5) is 34.6. The van der Waals surface area contributed by atoms with Gasteiger partial charge in [-0.3, -0.25) is 14.9 Å². The van der Waals surface area contributed by atoms with Gasteiger partial charge in [-0.15, -0.1) is 0 Å². The van der Waals surface area contributed by atoms with Crippen molar-refractivity contribution in [3.63, 3.8) is 0 Å². The molecule has 0 spiro atoms. The summed E-state index contributed by atoms with van der Waals surface area (Å²) in [5.41, 5.74) is 0.473. The molecule has 0 saturated carbocycles. The van der Waals surface area contributed by atoms with Crippen LogP contribution in [0.1, 0.15) is 20.3 Å². The standard InChI is InChI=1S/C17H24N2O6S/c1-4-24-13-7-6-12(10-14(13)25-5-2)18-17(22)19-15(20)11-26-9-8-16(21)23-3/h6-7,10H,4-5,8-9,11H2,1-3H3,(H2,18,19,20,22). The lowest BCUT2D eigenvalue weighted by Gasteiger charge is -2.13. The van der Waals surface area contributed by atoms with E-state index < -0.39 is 11.9 Å². The maximum Gasteiger partial charge on any atom is 0.325 e. The molecule has 1 aromatic carbocycles. The summed E-state index contributed by atoms with van der Waals surface area (Å²) in [5.74, 6) is 0.816. The van der Waals surface area contributed by atoms with Crippen LogP contribution in [0.25, 0.3) is 0 Å². The number of ether oxygens (including phenoxy) is 3. The van der Waals surface area contributed by atoms with Crippen LogP contribution >= 0.6 is 11.8 Å². The van der Waals surface area contributed by atoms with Crippen LogP contribution in [0, 0.1) is 0 Å². The van der Waals surface area contributed by atoms with Gasteiger partial charge in [-0.2, -0.15) is 11.8 Å². The number of anilines is 1. The Morgan fingerprint density at radius 2 is 1.77 bits per heavy atom. The van der Waals surface area contributed by atoms with E-state index in [2.05, 4.69) is 15.4 Å². The molecule has 9 heteroatoms. The number of hydrogen-bond donors (Lipinski definition) is 2. The zero-order chi connectivity index (χ0) is 19.4. The van der Waals surface area contributed by atoms with Crippen molar-refractivity contribution in [2.75, 3.05) is 37.1 Å². The molecule has 3 amide bonds. The fraction of sp³-hybridized carbons (Fsp3) is 0.471. The van der Waals surface area contributed by atoms with Gasteiger partial charge >= 0.3 is 12.0 Å². The molecule has 0 fully saturated rings. The number of nitrogens with one attached hydrogen (secondary N) is 2. The number of carbonyl (C=O) groups is 3. The highest BCUT2D eigenvalue weighted by Crippen LogP contribution is 2.30. The molecular weight excluding hydrogens is 360 g/mol. The molecule has 2 N–H and O–H groups in total. The minimum absolute atomic E-state index is 0.0673. The van der Waals surface area contributed by atoms with Crippen LogP contribution in [-0.4, -0.2) is 49.7 Å². The third-order valence-electron chi connectivity index (χ3n) is 2.97. The lowest BCUT2D eigenvalue weighted by atomic mass is 10.2. The maximum atomic E-state index is 11.9. The number of urea groups is 1. The van der Waals surface area contributed by atoms with Crippen LogP contribution < -0.4 is 20.1 Å². The van der Waals surface area contributed by atoms with E-state index in [9.17, 15) is 14.4 Å². The zero-order valence-corrected chi connectivity index (χ0v) is 15.9. The van der Waals surface area contributed by atoms with Gasteiger partial charge in [0.25, 0.3) is 0 Å². The largest absolute Gasteiger partial charge is 0.490 e. The molecule has 0 unspecified atom stereocenters. The Morgan fingerprint density at radius 3 is 2.42 bits per heavy atom. The predicted octanol–water partition coefficient (Wildman–Crippen LogP) is 2.43. The monoisotopic (exact) mass is 384 g/mol. The second-order valence-corrected chi connectivity index (χ2v) is 6.01. The second kappa shape index (κ2) is 12.0. The fourth-order valence-corrected chi connectivity index (χ4v) is 2.59. The molecule has 0 bridgehead atoms. The molecule has 0 atom stereocenters. The molecule has 0 aromatic heterocycles. The van der Waals surface area contributed by atoms with Crippen LogP contribution in [-0.2, 0) is 14.3 Å². The first-order valence-electron chi connectivity index (χ1n) is 8.15. The number of thioether (sulfide) groups is 1. The van der Waals surface area contributed by atoms with E-state index in [1.54, 1.807) is 18.2 Å². The van der Waals surface area contributed by atoms with Crippen LogP contribution in [0.2, 0.25) is 0 Å². The maximum absolute atomic E-state index is 11.9. The van der Waals surface area contributed by atoms with Crippen molar-refractivity contribution >= 4 is 35.4 Å². The highest BCUT2D eigenvalue weighted by atomic mass is 32.2. The lowest BCUT2D eigenvalue weighted by molar-refractivity contribution is -0.140. The number of rotatable bonds is 10. The number of carbonyl (C=O) groups excluding carboxylic acids is 3. The molecule has 0 aliphatic heterocycles. The number of methoxy groups -OCH3 is 1. The Bertz CT molecular complexity index is 623. The molecule has 1 aromatic rings. The van der Waals surface area contributed by atoms with Gasteiger partial charge in [0.15, 0.2) is 11.5 Å². The smallest absolute Gasteiger partial charge is 0.325 e. The summed E-state index contributed by atoms with van der Waals surface area (Å²) < 4.78 is 15.4. The van der Waals surface area contributed by atoms with Crippen LogP contribution in [0.3, 0.4) is 0 Å². The van der Waals surface area contributed by atoms with Gasteiger partial charge in [-0.05, 0) is 26.0 Å². The van der Waals surface area contributed by atoms with Crippen LogP contribution in [0.5, 0.6) is 11.5 Å². The minimum atomic E-state index is -0.643. The number of amides is 3. The van der Waals surface area contributed by atoms with Crippen molar-refractivity contribution in [2.24, 2.45) is 0 Å². The van der Waals surface area contributed by atoms with Gasteiger partial charge in [0, 0.05) is 17.5 Å². The average molecular weight is 384 g/mol. The number of hydrogen-bond acceptors (Lipinski definition) is 7. The first kappa shape index (κ1) is 21.6. The van der Waals surface area contributed by atoms with Crippen molar-refractivity contribution < 1.29 is 28.6 Å². The second-order valence-electron chi connectivity index (χ2n) is 4.91. The van der Waals surface area contributed by atoms with Gasteiger partial charge < -0.3 is 19.5 Å². The van der Waals surface area contributed by atoms with Gasteiger partial charge in [-0.1, -0.05) is 0 Å². The Kier molecular flexibility index (Phi) is 9.99. The van der Waals surface area contributed by atoms with E-state index in [0.29, 0.717) is 36.2 Å². The van der Waals surface area contributed by atoms with Gasteiger partial charge in [0.2, 0.25) is 5.91 Å². The Hall–Kier alpha value is -2.42. The van der Waals surface area contributed by atoms with Crippen molar-refractivity contribution in [3.8, 4) is 11.5 Å². The van der Waals surface area contributed by atoms with Crippen molar-refractivity contribution in [2.45, 2.75) is 20.3 Å². The molecule has 1 rings (SSSR count). The van der Waals surface area contributed by atoms with Gasteiger partial charge in [0.1, 0.15) is 0 Å². The zero-order valence-electron chi connectivity index (χ0n) is 15.1. The van der Waals surface area contributed by atoms with Crippen molar-refractivity contribution in [3.05, 3.63) is 18.2 Å². The predicted molar refractivity (Wildman–Crippen MR) is 99.9 cm³/mol. The topological polar surface area (TPSA) is 103 Å². The SMILES string of the molecule is CCOc1ccc(NC(=O)NC(=O)CSCCC(=O)OC)cc1OCC. The lowest BCUT2D eigenvalue weighted by Crippen LogP contribution is -2.35. The van der Waals surface area contributed by atoms with Crippen LogP contribution in [0.15, 0.2) is 18.2 Å². The molecule has 0 aliphatic rings. The highest BCUT2D eigenvalue weighted by Gasteiger charge is 2.11. The van der Waals surface area contributed by atoms with E-state index in [1.165, 1.54) is 18.9 Å². The summed E-state index contributed by atoms with van der Waals surface area (Å²) in [7, 11) is 1.31. The van der Waals surface area contributed by atoms with E-state index in [-0.39, 0.29) is 18.1 Å². The number of imide groups is 1. The number of esters is 1. The van der Waals surface area contributed by atoms with Crippen LogP contribution in [0.4, 0.5) is 10.5 Å². The molecule has 0 radical (unpaired) electrons. The summed E-state index contributed by atoms with van der Waals surface area (Å²) >= 11 is 1.24. The first-order chi connectivity index (χ1) is 12.5. The fourth-order valence-electron chi connectivity index (χ4n) is 1.88. The Balaban J connectivity index is 2.47. The summed E-state index contributed by atoms with van der Waals surface area (Å²) in [6.07, 6.45) is 0.215. The molecule has 0 aliphatic carbocycles. The molecule has 0 saturated heterocycles. The Labute approximate surface area is 156 Å². The van der Waals surface area contributed by atoms with Gasteiger partial charge in [0.05, 0.1) is 32.5 Å². The average Bonchev–Trinajstić information content (AvgIpc) is 2.61. The third kappa shape index (κ3) is 8.11. The van der Waals surface area contributed by atoms with Crippen molar-refractivity contribution in [1.29, 1.82) is 0 Å². The molecule has 144 valence electrons. The molecule has 8 nitrogen and oxygen atoms in total.